The molecule has 1 N–H and O–H groups in total. The zero-order valence-electron chi connectivity index (χ0n) is 10.4. The van der Waals surface area contributed by atoms with E-state index in [0.717, 1.165) is 18.4 Å². The summed E-state index contributed by atoms with van der Waals surface area (Å²) in [6.07, 6.45) is 4.58. The second-order valence-electron chi connectivity index (χ2n) is 4.84. The van der Waals surface area contributed by atoms with E-state index in [2.05, 4.69) is 21.2 Å². The largest absolute Gasteiger partial charge is 0.348 e. The highest BCUT2D eigenvalue weighted by Crippen LogP contribution is 2.25. The van der Waals surface area contributed by atoms with E-state index in [1.165, 1.54) is 12.8 Å². The minimum atomic E-state index is -0.0340. The van der Waals surface area contributed by atoms with Crippen LogP contribution in [0, 0.1) is 6.92 Å². The number of amides is 1. The number of alkyl halides is 1. The molecule has 4 heteroatoms. The summed E-state index contributed by atoms with van der Waals surface area (Å²) in [5, 5.41) is 3.73. The van der Waals surface area contributed by atoms with Crippen LogP contribution in [0.3, 0.4) is 0 Å². The van der Waals surface area contributed by atoms with Crippen molar-refractivity contribution >= 4 is 33.4 Å². The normalized spacial score (nSPS) is 23.7. The number of benzene rings is 1. The highest BCUT2D eigenvalue weighted by atomic mass is 79.9. The Morgan fingerprint density at radius 2 is 2.11 bits per heavy atom. The number of rotatable bonds is 2. The second-order valence-corrected chi connectivity index (χ2v) is 6.43. The van der Waals surface area contributed by atoms with Crippen LogP contribution in [0.4, 0.5) is 0 Å². The maximum atomic E-state index is 12.1. The number of hydrogen-bond acceptors (Lipinski definition) is 1. The van der Waals surface area contributed by atoms with Gasteiger partial charge in [-0.25, -0.2) is 0 Å². The van der Waals surface area contributed by atoms with Crippen LogP contribution < -0.4 is 5.32 Å². The molecular formula is C14H17BrClNO. The number of hydrogen-bond donors (Lipinski definition) is 1. The van der Waals surface area contributed by atoms with Crippen molar-refractivity contribution in [2.45, 2.75) is 43.5 Å². The van der Waals surface area contributed by atoms with E-state index < -0.39 is 0 Å². The predicted octanol–water partition coefficient (Wildman–Crippen LogP) is 4.08. The van der Waals surface area contributed by atoms with Crippen molar-refractivity contribution in [3.05, 3.63) is 34.3 Å². The molecule has 1 saturated carbocycles. The quantitative estimate of drug-likeness (QED) is 0.813. The number of nitrogens with one attached hydrogen (secondary N) is 1. The molecule has 0 heterocycles. The summed E-state index contributed by atoms with van der Waals surface area (Å²) < 4.78 is 0. The molecule has 2 atom stereocenters. The zero-order valence-corrected chi connectivity index (χ0v) is 12.7. The third-order valence-electron chi connectivity index (χ3n) is 3.43. The molecule has 0 bridgehead atoms. The molecule has 2 unspecified atom stereocenters. The van der Waals surface area contributed by atoms with E-state index in [4.69, 9.17) is 11.6 Å². The highest BCUT2D eigenvalue weighted by Gasteiger charge is 2.24. The van der Waals surface area contributed by atoms with Crippen molar-refractivity contribution in [2.24, 2.45) is 0 Å². The third kappa shape index (κ3) is 3.27. The SMILES string of the molecule is Cc1ccc(C(=O)NC2CCCCC2Br)cc1Cl. The molecule has 1 amide bonds. The van der Waals surface area contributed by atoms with Gasteiger partial charge in [0, 0.05) is 21.5 Å². The monoisotopic (exact) mass is 329 g/mol. The van der Waals surface area contributed by atoms with Gasteiger partial charge in [0.1, 0.15) is 0 Å². The average molecular weight is 331 g/mol. The highest BCUT2D eigenvalue weighted by molar-refractivity contribution is 9.09. The Kier molecular flexibility index (Phi) is 4.68. The molecule has 2 rings (SSSR count). The van der Waals surface area contributed by atoms with E-state index in [-0.39, 0.29) is 11.9 Å². The van der Waals surface area contributed by atoms with Gasteiger partial charge in [0.2, 0.25) is 0 Å². The summed E-state index contributed by atoms with van der Waals surface area (Å²) in [5.41, 5.74) is 1.63. The minimum absolute atomic E-state index is 0.0340. The fraction of sp³-hybridized carbons (Fsp3) is 0.500. The van der Waals surface area contributed by atoms with E-state index in [1.54, 1.807) is 6.07 Å². The Labute approximate surface area is 121 Å². The van der Waals surface area contributed by atoms with Crippen molar-refractivity contribution < 1.29 is 4.79 Å². The Bertz CT molecular complexity index is 449. The lowest BCUT2D eigenvalue weighted by Crippen LogP contribution is -2.42. The van der Waals surface area contributed by atoms with E-state index in [9.17, 15) is 4.79 Å². The smallest absolute Gasteiger partial charge is 0.251 e. The van der Waals surface area contributed by atoms with Crippen LogP contribution in [0.2, 0.25) is 5.02 Å². The molecular weight excluding hydrogens is 314 g/mol. The molecule has 0 radical (unpaired) electrons. The first-order valence-corrected chi connectivity index (χ1v) is 7.58. The Hall–Kier alpha value is -0.540. The fourth-order valence-electron chi connectivity index (χ4n) is 2.23. The zero-order chi connectivity index (χ0) is 13.1. The maximum absolute atomic E-state index is 12.1. The summed E-state index contributed by atoms with van der Waals surface area (Å²) >= 11 is 9.68. The predicted molar refractivity (Wildman–Crippen MR) is 78.6 cm³/mol. The molecule has 18 heavy (non-hydrogen) atoms. The van der Waals surface area contributed by atoms with Gasteiger partial charge in [0.15, 0.2) is 0 Å². The summed E-state index contributed by atoms with van der Waals surface area (Å²) in [5.74, 6) is -0.0340. The summed E-state index contributed by atoms with van der Waals surface area (Å²) in [7, 11) is 0. The van der Waals surface area contributed by atoms with Gasteiger partial charge in [-0.05, 0) is 37.5 Å². The van der Waals surface area contributed by atoms with Crippen LogP contribution in [-0.4, -0.2) is 16.8 Å². The molecule has 1 aromatic rings. The van der Waals surface area contributed by atoms with E-state index >= 15 is 0 Å². The molecule has 0 saturated heterocycles. The lowest BCUT2D eigenvalue weighted by molar-refractivity contribution is 0.0930. The van der Waals surface area contributed by atoms with Gasteiger partial charge in [0.25, 0.3) is 5.91 Å². The Morgan fingerprint density at radius 1 is 1.39 bits per heavy atom. The maximum Gasteiger partial charge on any atom is 0.251 e. The van der Waals surface area contributed by atoms with Crippen molar-refractivity contribution in [1.82, 2.24) is 5.32 Å². The molecule has 0 spiro atoms. The molecule has 2 nitrogen and oxygen atoms in total. The summed E-state index contributed by atoms with van der Waals surface area (Å²) in [6.45, 7) is 1.93. The lowest BCUT2D eigenvalue weighted by Gasteiger charge is -2.28. The van der Waals surface area contributed by atoms with Gasteiger partial charge in [-0.15, -0.1) is 0 Å². The van der Waals surface area contributed by atoms with Gasteiger partial charge >= 0.3 is 0 Å². The molecule has 1 aliphatic rings. The first-order chi connectivity index (χ1) is 8.58. The molecule has 1 aromatic carbocycles. The number of halogens is 2. The Morgan fingerprint density at radius 3 is 2.78 bits per heavy atom. The third-order valence-corrected chi connectivity index (χ3v) is 4.94. The standard InChI is InChI=1S/C14H17BrClNO/c1-9-6-7-10(8-12(9)16)14(18)17-13-5-3-2-4-11(13)15/h6-8,11,13H,2-5H2,1H3,(H,17,18). The van der Waals surface area contributed by atoms with Crippen molar-refractivity contribution in [3.8, 4) is 0 Å². The minimum Gasteiger partial charge on any atom is -0.348 e. The van der Waals surface area contributed by atoms with Crippen LogP contribution in [0.1, 0.15) is 41.6 Å². The topological polar surface area (TPSA) is 29.1 Å². The molecule has 0 aliphatic heterocycles. The van der Waals surface area contributed by atoms with Crippen molar-refractivity contribution in [1.29, 1.82) is 0 Å². The number of aryl methyl sites for hydroxylation is 1. The lowest BCUT2D eigenvalue weighted by atomic mass is 9.95. The van der Waals surface area contributed by atoms with Crippen LogP contribution >= 0.6 is 27.5 Å². The van der Waals surface area contributed by atoms with E-state index in [1.807, 2.05) is 19.1 Å². The number of carbonyl (C=O) groups is 1. The summed E-state index contributed by atoms with van der Waals surface area (Å²) in [6, 6.07) is 5.66. The molecule has 98 valence electrons. The van der Waals surface area contributed by atoms with Gasteiger partial charge in [-0.3, -0.25) is 4.79 Å². The fourth-order valence-corrected chi connectivity index (χ4v) is 3.13. The van der Waals surface area contributed by atoms with Gasteiger partial charge in [0.05, 0.1) is 0 Å². The van der Waals surface area contributed by atoms with Crippen LogP contribution in [0.5, 0.6) is 0 Å². The van der Waals surface area contributed by atoms with Crippen LogP contribution in [-0.2, 0) is 0 Å². The molecule has 0 aromatic heterocycles. The molecule has 1 fully saturated rings. The van der Waals surface area contributed by atoms with Crippen molar-refractivity contribution in [2.75, 3.05) is 0 Å². The van der Waals surface area contributed by atoms with Gasteiger partial charge in [-0.1, -0.05) is 46.4 Å². The summed E-state index contributed by atoms with van der Waals surface area (Å²) in [4.78, 5) is 12.5. The number of carbonyl (C=O) groups excluding carboxylic acids is 1. The average Bonchev–Trinajstić information content (AvgIpc) is 2.35. The van der Waals surface area contributed by atoms with Gasteiger partial charge in [-0.2, -0.15) is 0 Å². The Balaban J connectivity index is 2.04. The van der Waals surface area contributed by atoms with Gasteiger partial charge < -0.3 is 5.32 Å². The first-order valence-electron chi connectivity index (χ1n) is 6.29. The van der Waals surface area contributed by atoms with Crippen molar-refractivity contribution in [3.63, 3.8) is 0 Å². The molecule has 1 aliphatic carbocycles. The van der Waals surface area contributed by atoms with Crippen LogP contribution in [0.15, 0.2) is 18.2 Å². The van der Waals surface area contributed by atoms with Crippen LogP contribution in [0.25, 0.3) is 0 Å². The van der Waals surface area contributed by atoms with E-state index in [0.29, 0.717) is 15.4 Å². The first kappa shape index (κ1) is 13.9. The second kappa shape index (κ2) is 6.07.